The second-order valence-corrected chi connectivity index (χ2v) is 11.3. The maximum atomic E-state index is 11.8. The zero-order valence-corrected chi connectivity index (χ0v) is 25.2. The van der Waals surface area contributed by atoms with Crippen molar-refractivity contribution in [1.82, 2.24) is 0 Å². The first-order valence-corrected chi connectivity index (χ1v) is 15.2. The molecule has 1 N–H and O–H groups in total. The second-order valence-electron chi connectivity index (χ2n) is 9.88. The molecule has 1 unspecified atom stereocenters. The molecule has 0 saturated heterocycles. The second kappa shape index (κ2) is 23.8. The zero-order chi connectivity index (χ0) is 29.2. The van der Waals surface area contributed by atoms with Crippen LogP contribution in [0.15, 0.2) is 72.9 Å². The average molecular weight is 568 g/mol. The molecule has 0 aromatic heterocycles. The van der Waals surface area contributed by atoms with Crippen LogP contribution in [0.3, 0.4) is 0 Å². The van der Waals surface area contributed by atoms with Gasteiger partial charge in [0.25, 0.3) is 7.82 Å². The van der Waals surface area contributed by atoms with Crippen molar-refractivity contribution in [2.24, 2.45) is 0 Å². The number of rotatable bonds is 23. The topological polar surface area (TPSA) is 105 Å². The molecule has 0 heterocycles. The van der Waals surface area contributed by atoms with Gasteiger partial charge in [0.2, 0.25) is 0 Å². The smallest absolute Gasteiger partial charge is 0.306 e. The average Bonchev–Trinajstić information content (AvgIpc) is 2.86. The van der Waals surface area contributed by atoms with Gasteiger partial charge in [-0.25, -0.2) is 0 Å². The van der Waals surface area contributed by atoms with Gasteiger partial charge in [-0.2, -0.15) is 0 Å². The molecule has 0 aromatic carbocycles. The van der Waals surface area contributed by atoms with Crippen molar-refractivity contribution in [3.05, 3.63) is 72.9 Å². The third-order valence-corrected chi connectivity index (χ3v) is 5.95. The Morgan fingerprint density at radius 1 is 0.795 bits per heavy atom. The molecule has 222 valence electrons. The number of carbonyl (C=O) groups excluding carboxylic acids is 1. The van der Waals surface area contributed by atoms with Gasteiger partial charge in [-0.1, -0.05) is 79.8 Å². The molecule has 0 fully saturated rings. The van der Waals surface area contributed by atoms with Crippen molar-refractivity contribution in [2.45, 2.75) is 64.4 Å². The normalized spacial score (nSPS) is 15.5. The minimum Gasteiger partial charge on any atom is -0.756 e. The van der Waals surface area contributed by atoms with Crippen molar-refractivity contribution in [2.75, 3.05) is 47.5 Å². The van der Waals surface area contributed by atoms with Gasteiger partial charge in [0.15, 0.2) is 0 Å². The Labute approximate surface area is 236 Å². The number of phosphoric ester groups is 1. The first-order chi connectivity index (χ1) is 18.6. The standard InChI is InChI=1S/C30H50NO7P/c1-5-6-7-8-9-10-11-12-13-14-15-16-17-18-19-20-21-22-23-24-30(33)36-27-29(32)28-38-39(34,35)37-26-25-31(2,3)4/h6-7,9-10,12-13,15-16,18-19,21-22,29,32H,5,8,11,14,17,20,23-28H2,1-4H3/b7-6+,10-9+,13-12+,16-15+,19-18+,22-21+/t29-/m1/s1. The van der Waals surface area contributed by atoms with Crippen molar-refractivity contribution in [1.29, 1.82) is 0 Å². The molecule has 0 rings (SSSR count). The van der Waals surface area contributed by atoms with E-state index in [4.69, 9.17) is 9.26 Å². The summed E-state index contributed by atoms with van der Waals surface area (Å²) in [4.78, 5) is 23.5. The van der Waals surface area contributed by atoms with Gasteiger partial charge in [-0.05, 0) is 44.9 Å². The van der Waals surface area contributed by atoms with Crippen LogP contribution in [0.4, 0.5) is 0 Å². The van der Waals surface area contributed by atoms with Crippen molar-refractivity contribution in [3.8, 4) is 0 Å². The summed E-state index contributed by atoms with van der Waals surface area (Å²) in [5, 5.41) is 9.80. The van der Waals surface area contributed by atoms with Gasteiger partial charge >= 0.3 is 5.97 Å². The Hall–Kier alpha value is -2.06. The number of nitrogens with zero attached hydrogens (tertiary/aromatic N) is 1. The number of allylic oxidation sites excluding steroid dienone is 12. The minimum atomic E-state index is -4.51. The fourth-order valence-electron chi connectivity index (χ4n) is 2.79. The van der Waals surface area contributed by atoms with Crippen LogP contribution in [0, 0.1) is 0 Å². The summed E-state index contributed by atoms with van der Waals surface area (Å²) in [6.07, 6.45) is 30.5. The lowest BCUT2D eigenvalue weighted by atomic mass is 10.2. The fraction of sp³-hybridized carbons (Fsp3) is 0.567. The Morgan fingerprint density at radius 2 is 1.26 bits per heavy atom. The molecule has 0 aromatic rings. The van der Waals surface area contributed by atoms with Gasteiger partial charge in [0.1, 0.15) is 25.9 Å². The largest absolute Gasteiger partial charge is 0.756 e. The maximum absolute atomic E-state index is 11.8. The molecule has 0 aliphatic carbocycles. The third kappa shape index (κ3) is 28.8. The van der Waals surface area contributed by atoms with E-state index >= 15 is 0 Å². The predicted molar refractivity (Wildman–Crippen MR) is 157 cm³/mol. The van der Waals surface area contributed by atoms with E-state index in [-0.39, 0.29) is 19.6 Å². The molecule has 8 nitrogen and oxygen atoms in total. The van der Waals surface area contributed by atoms with E-state index in [2.05, 4.69) is 72.2 Å². The highest BCUT2D eigenvalue weighted by Crippen LogP contribution is 2.38. The van der Waals surface area contributed by atoms with E-state index < -0.39 is 26.5 Å². The molecular formula is C30H50NO7P. The maximum Gasteiger partial charge on any atom is 0.306 e. The molecule has 0 amide bonds. The summed E-state index contributed by atoms with van der Waals surface area (Å²) in [6.45, 7) is 1.71. The first kappa shape index (κ1) is 36.9. The Bertz CT molecular complexity index is 854. The van der Waals surface area contributed by atoms with Crippen LogP contribution in [0.2, 0.25) is 0 Å². The highest BCUT2D eigenvalue weighted by atomic mass is 31.2. The van der Waals surface area contributed by atoms with Crippen LogP contribution >= 0.6 is 7.82 Å². The molecule has 2 atom stereocenters. The first-order valence-electron chi connectivity index (χ1n) is 13.7. The number of carbonyl (C=O) groups is 1. The van der Waals surface area contributed by atoms with Crippen LogP contribution in [0.5, 0.6) is 0 Å². The molecule has 0 bridgehead atoms. The van der Waals surface area contributed by atoms with E-state index in [9.17, 15) is 19.4 Å². The Morgan fingerprint density at radius 3 is 1.72 bits per heavy atom. The molecule has 0 aliphatic rings. The SMILES string of the molecule is CC/C=C/C/C=C/C/C=C/C/C=C/C/C=C/C/C=C/CCC(=O)OC[C@@H](O)COP(=O)([O-])OCC[N+](C)(C)C. The highest BCUT2D eigenvalue weighted by Gasteiger charge is 2.16. The summed E-state index contributed by atoms with van der Waals surface area (Å²) in [5.41, 5.74) is 0. The van der Waals surface area contributed by atoms with Crippen LogP contribution in [0.1, 0.15) is 58.3 Å². The van der Waals surface area contributed by atoms with Gasteiger partial charge in [0.05, 0.1) is 27.7 Å². The Balaban J connectivity index is 3.80. The Kier molecular flexibility index (Phi) is 22.5. The summed E-state index contributed by atoms with van der Waals surface area (Å²) in [5.74, 6) is -0.474. The molecule has 0 radical (unpaired) electrons. The van der Waals surface area contributed by atoms with E-state index in [0.29, 0.717) is 17.4 Å². The highest BCUT2D eigenvalue weighted by molar-refractivity contribution is 7.45. The van der Waals surface area contributed by atoms with E-state index in [1.165, 1.54) is 0 Å². The van der Waals surface area contributed by atoms with E-state index in [0.717, 1.165) is 38.5 Å². The number of aliphatic hydroxyl groups excluding tert-OH is 1. The molecule has 0 saturated carbocycles. The summed E-state index contributed by atoms with van der Waals surface area (Å²) in [7, 11) is 1.19. The van der Waals surface area contributed by atoms with Crippen LogP contribution in [-0.4, -0.2) is 69.2 Å². The summed E-state index contributed by atoms with van der Waals surface area (Å²) < 4.78 is 26.6. The lowest BCUT2D eigenvalue weighted by Crippen LogP contribution is -2.37. The van der Waals surface area contributed by atoms with Crippen molar-refractivity contribution >= 4 is 13.8 Å². The van der Waals surface area contributed by atoms with Crippen LogP contribution in [0.25, 0.3) is 0 Å². The van der Waals surface area contributed by atoms with Crippen molar-refractivity contribution < 1.29 is 37.6 Å². The molecular weight excluding hydrogens is 517 g/mol. The lowest BCUT2D eigenvalue weighted by molar-refractivity contribution is -0.870. The number of esters is 1. The van der Waals surface area contributed by atoms with Crippen LogP contribution in [-0.2, 0) is 23.1 Å². The quantitative estimate of drug-likeness (QED) is 0.0744. The molecule has 0 aliphatic heterocycles. The number of hydrogen-bond acceptors (Lipinski definition) is 7. The van der Waals surface area contributed by atoms with E-state index in [1.807, 2.05) is 33.3 Å². The minimum absolute atomic E-state index is 0.0239. The van der Waals surface area contributed by atoms with Crippen molar-refractivity contribution in [3.63, 3.8) is 0 Å². The molecule has 9 heteroatoms. The summed E-state index contributed by atoms with van der Waals surface area (Å²) >= 11 is 0. The predicted octanol–water partition coefficient (Wildman–Crippen LogP) is 5.58. The number of hydrogen-bond donors (Lipinski definition) is 1. The number of quaternary nitrogens is 1. The zero-order valence-electron chi connectivity index (χ0n) is 24.3. The van der Waals surface area contributed by atoms with Gasteiger partial charge < -0.3 is 28.3 Å². The number of phosphoric acid groups is 1. The van der Waals surface area contributed by atoms with Gasteiger partial charge in [0, 0.05) is 6.42 Å². The fourth-order valence-corrected chi connectivity index (χ4v) is 3.53. The van der Waals surface area contributed by atoms with Gasteiger partial charge in [-0.15, -0.1) is 0 Å². The molecule has 0 spiro atoms. The molecule has 39 heavy (non-hydrogen) atoms. The van der Waals surface area contributed by atoms with Gasteiger partial charge in [-0.3, -0.25) is 9.36 Å². The number of likely N-dealkylation sites (N-methyl/N-ethyl adjacent to an activating group) is 1. The lowest BCUT2D eigenvalue weighted by Gasteiger charge is -2.27. The number of aliphatic hydroxyl groups is 1. The van der Waals surface area contributed by atoms with E-state index in [1.54, 1.807) is 0 Å². The van der Waals surface area contributed by atoms with Crippen LogP contribution < -0.4 is 4.89 Å². The third-order valence-electron chi connectivity index (χ3n) is 4.98. The summed E-state index contributed by atoms with van der Waals surface area (Å²) in [6, 6.07) is 0. The monoisotopic (exact) mass is 567 g/mol. The number of ether oxygens (including phenoxy) is 1.